The molecule has 118 valence electrons. The normalized spacial score (nSPS) is 14.4. The molecule has 5 nitrogen and oxygen atoms in total. The van der Waals surface area contributed by atoms with Crippen LogP contribution in [0.5, 0.6) is 0 Å². The molecule has 0 saturated heterocycles. The Morgan fingerprint density at radius 3 is 2.24 bits per heavy atom. The van der Waals surface area contributed by atoms with E-state index in [-0.39, 0.29) is 6.54 Å². The fourth-order valence-electron chi connectivity index (χ4n) is 1.58. The highest BCUT2D eigenvalue weighted by Gasteiger charge is 2.22. The first-order chi connectivity index (χ1) is 9.58. The Kier molecular flexibility index (Phi) is 6.28. The lowest BCUT2D eigenvalue weighted by Gasteiger charge is -2.22. The van der Waals surface area contributed by atoms with Gasteiger partial charge < -0.3 is 20.3 Å². The van der Waals surface area contributed by atoms with Crippen LogP contribution in [0.3, 0.4) is 0 Å². The maximum absolute atomic E-state index is 11.5. The molecule has 0 aliphatic heterocycles. The van der Waals surface area contributed by atoms with Crippen LogP contribution in [0.4, 0.5) is 4.79 Å². The predicted molar refractivity (Wildman–Crippen MR) is 81.7 cm³/mol. The second-order valence-corrected chi connectivity index (χ2v) is 6.47. The van der Waals surface area contributed by atoms with Gasteiger partial charge in [0.1, 0.15) is 17.8 Å². The fraction of sp³-hybridized carbons (Fsp3) is 0.500. The number of amides is 1. The topological polar surface area (TPSA) is 78.8 Å². The smallest absolute Gasteiger partial charge is 0.407 e. The highest BCUT2D eigenvalue weighted by atomic mass is 35.5. The molecule has 0 radical (unpaired) electrons. The highest BCUT2D eigenvalue weighted by molar-refractivity contribution is 6.34. The number of carbonyl (C=O) groups excluding carboxylic acids is 1. The van der Waals surface area contributed by atoms with E-state index in [9.17, 15) is 15.0 Å². The first-order valence-corrected chi connectivity index (χ1v) is 7.13. The summed E-state index contributed by atoms with van der Waals surface area (Å²) in [6.45, 7) is 5.02. The van der Waals surface area contributed by atoms with Crippen LogP contribution in [-0.4, -0.2) is 34.6 Å². The van der Waals surface area contributed by atoms with Gasteiger partial charge >= 0.3 is 6.09 Å². The molecule has 3 N–H and O–H groups in total. The summed E-state index contributed by atoms with van der Waals surface area (Å²) < 4.78 is 5.03. The number of ether oxygens (including phenoxy) is 1. The number of nitrogens with one attached hydrogen (secondary N) is 1. The van der Waals surface area contributed by atoms with Gasteiger partial charge in [-0.15, -0.1) is 0 Å². The first kappa shape index (κ1) is 18.0. The van der Waals surface area contributed by atoms with Gasteiger partial charge in [-0.25, -0.2) is 4.79 Å². The van der Waals surface area contributed by atoms with E-state index < -0.39 is 23.9 Å². The van der Waals surface area contributed by atoms with Crippen LogP contribution in [0.1, 0.15) is 32.4 Å². The van der Waals surface area contributed by atoms with Gasteiger partial charge in [-0.3, -0.25) is 0 Å². The van der Waals surface area contributed by atoms with Crippen molar-refractivity contribution in [2.45, 2.75) is 38.6 Å². The van der Waals surface area contributed by atoms with Crippen molar-refractivity contribution < 1.29 is 19.7 Å². The summed E-state index contributed by atoms with van der Waals surface area (Å²) in [6, 6.07) is 4.51. The molecule has 1 amide bonds. The Bertz CT molecular complexity index is 482. The van der Waals surface area contributed by atoms with Crippen molar-refractivity contribution in [3.05, 3.63) is 33.8 Å². The first-order valence-electron chi connectivity index (χ1n) is 6.37. The van der Waals surface area contributed by atoms with Gasteiger partial charge in [0.15, 0.2) is 0 Å². The number of alkyl carbamates (subject to hydrolysis) is 1. The number of hydrogen-bond donors (Lipinski definition) is 3. The van der Waals surface area contributed by atoms with E-state index in [1.54, 1.807) is 20.8 Å². The van der Waals surface area contributed by atoms with Crippen LogP contribution in [0.15, 0.2) is 18.2 Å². The molecular formula is C14H19Cl2NO4. The highest BCUT2D eigenvalue weighted by Crippen LogP contribution is 2.25. The standard InChI is InChI=1S/C14H19Cl2NO4/c1-14(2,3)21-13(20)17-7-11(18)12(19)8-4-9(15)6-10(16)5-8/h4-6,11-12,18-19H,7H2,1-3H3,(H,17,20). The molecule has 0 spiro atoms. The van der Waals surface area contributed by atoms with E-state index in [1.165, 1.54) is 18.2 Å². The van der Waals surface area contributed by atoms with E-state index in [4.69, 9.17) is 27.9 Å². The van der Waals surface area contributed by atoms with Crippen LogP contribution >= 0.6 is 23.2 Å². The molecule has 0 bridgehead atoms. The molecule has 0 aliphatic rings. The van der Waals surface area contributed by atoms with E-state index in [0.29, 0.717) is 15.6 Å². The lowest BCUT2D eigenvalue weighted by Crippen LogP contribution is -2.38. The quantitative estimate of drug-likeness (QED) is 0.790. The van der Waals surface area contributed by atoms with Gasteiger partial charge in [-0.05, 0) is 44.5 Å². The number of halogens is 2. The van der Waals surface area contributed by atoms with Crippen molar-refractivity contribution in [2.75, 3.05) is 6.54 Å². The number of carbonyl (C=O) groups is 1. The molecule has 2 unspecified atom stereocenters. The van der Waals surface area contributed by atoms with Crippen LogP contribution in [0.2, 0.25) is 10.0 Å². The molecule has 0 fully saturated rings. The van der Waals surface area contributed by atoms with Crippen molar-refractivity contribution in [3.8, 4) is 0 Å². The Labute approximate surface area is 133 Å². The van der Waals surface area contributed by atoms with Crippen molar-refractivity contribution in [2.24, 2.45) is 0 Å². The Balaban J connectivity index is 2.58. The number of aliphatic hydroxyl groups is 2. The van der Waals surface area contributed by atoms with E-state index in [0.717, 1.165) is 0 Å². The van der Waals surface area contributed by atoms with Gasteiger partial charge in [0.25, 0.3) is 0 Å². The predicted octanol–water partition coefficient (Wildman–Crippen LogP) is 2.91. The molecule has 2 atom stereocenters. The van der Waals surface area contributed by atoms with E-state index in [2.05, 4.69) is 5.32 Å². The van der Waals surface area contributed by atoms with Gasteiger partial charge in [-0.1, -0.05) is 23.2 Å². The second kappa shape index (κ2) is 7.31. The SMILES string of the molecule is CC(C)(C)OC(=O)NCC(O)C(O)c1cc(Cl)cc(Cl)c1. The van der Waals surface area contributed by atoms with Crippen LogP contribution in [0, 0.1) is 0 Å². The zero-order valence-electron chi connectivity index (χ0n) is 12.1. The minimum absolute atomic E-state index is 0.166. The Morgan fingerprint density at radius 2 is 1.76 bits per heavy atom. The molecule has 1 aromatic rings. The van der Waals surface area contributed by atoms with E-state index in [1.807, 2.05) is 0 Å². The average molecular weight is 336 g/mol. The molecule has 21 heavy (non-hydrogen) atoms. The van der Waals surface area contributed by atoms with Crippen molar-refractivity contribution in [1.82, 2.24) is 5.32 Å². The molecule has 1 aromatic carbocycles. The van der Waals surface area contributed by atoms with Crippen LogP contribution in [0.25, 0.3) is 0 Å². The number of benzene rings is 1. The molecule has 0 aliphatic carbocycles. The van der Waals surface area contributed by atoms with Crippen molar-refractivity contribution in [1.29, 1.82) is 0 Å². The minimum Gasteiger partial charge on any atom is -0.444 e. The third-order valence-electron chi connectivity index (χ3n) is 2.45. The molecule has 0 saturated carbocycles. The van der Waals surface area contributed by atoms with Crippen LogP contribution < -0.4 is 5.32 Å². The summed E-state index contributed by atoms with van der Waals surface area (Å²) in [6.07, 6.45) is -3.11. The van der Waals surface area contributed by atoms with Crippen LogP contribution in [-0.2, 0) is 4.74 Å². The summed E-state index contributed by atoms with van der Waals surface area (Å²) >= 11 is 11.7. The summed E-state index contributed by atoms with van der Waals surface area (Å²) in [5.74, 6) is 0. The molecule has 0 heterocycles. The van der Waals surface area contributed by atoms with Gasteiger partial charge in [0.05, 0.1) is 0 Å². The monoisotopic (exact) mass is 335 g/mol. The van der Waals surface area contributed by atoms with Crippen molar-refractivity contribution in [3.63, 3.8) is 0 Å². The third-order valence-corrected chi connectivity index (χ3v) is 2.88. The Hall–Kier alpha value is -1.01. The number of aliphatic hydroxyl groups excluding tert-OH is 2. The zero-order chi connectivity index (χ0) is 16.2. The third kappa shape index (κ3) is 6.52. The molecule has 1 rings (SSSR count). The minimum atomic E-state index is -1.23. The number of hydrogen-bond acceptors (Lipinski definition) is 4. The maximum atomic E-state index is 11.5. The summed E-state index contributed by atoms with van der Waals surface area (Å²) in [5.41, 5.74) is -0.264. The second-order valence-electron chi connectivity index (χ2n) is 5.60. The number of rotatable bonds is 4. The molecular weight excluding hydrogens is 317 g/mol. The van der Waals surface area contributed by atoms with Crippen molar-refractivity contribution >= 4 is 29.3 Å². The zero-order valence-corrected chi connectivity index (χ0v) is 13.6. The molecule has 7 heteroatoms. The fourth-order valence-corrected chi connectivity index (χ4v) is 2.12. The maximum Gasteiger partial charge on any atom is 0.407 e. The molecule has 0 aromatic heterocycles. The van der Waals surface area contributed by atoms with Gasteiger partial charge in [0.2, 0.25) is 0 Å². The lowest BCUT2D eigenvalue weighted by atomic mass is 10.0. The summed E-state index contributed by atoms with van der Waals surface area (Å²) in [4.78, 5) is 11.5. The summed E-state index contributed by atoms with van der Waals surface area (Å²) in [7, 11) is 0. The average Bonchev–Trinajstić information content (AvgIpc) is 2.31. The lowest BCUT2D eigenvalue weighted by molar-refractivity contribution is 0.0129. The summed E-state index contributed by atoms with van der Waals surface area (Å²) in [5, 5.41) is 23.0. The van der Waals surface area contributed by atoms with E-state index >= 15 is 0 Å². The largest absolute Gasteiger partial charge is 0.444 e. The Morgan fingerprint density at radius 1 is 1.24 bits per heavy atom. The van der Waals surface area contributed by atoms with Gasteiger partial charge in [0, 0.05) is 16.6 Å². The van der Waals surface area contributed by atoms with Gasteiger partial charge in [-0.2, -0.15) is 0 Å².